The van der Waals surface area contributed by atoms with Crippen molar-refractivity contribution in [3.05, 3.63) is 36.0 Å². The van der Waals surface area contributed by atoms with Crippen molar-refractivity contribution in [2.45, 2.75) is 110 Å². The van der Waals surface area contributed by atoms with Gasteiger partial charge in [-0.15, -0.1) is 0 Å². The van der Waals surface area contributed by atoms with Gasteiger partial charge < -0.3 is 14.6 Å². The second-order valence-corrected chi connectivity index (χ2v) is 11.0. The van der Waals surface area contributed by atoms with Crippen LogP contribution in [0.5, 0.6) is 0 Å². The minimum absolute atomic E-state index is 0.0806. The molecule has 2 aromatic rings. The largest absolute Gasteiger partial charge is 0.481 e. The number of aromatic nitrogens is 1. The van der Waals surface area contributed by atoms with Crippen LogP contribution in [0.15, 0.2) is 30.5 Å². The van der Waals surface area contributed by atoms with Crippen molar-refractivity contribution >= 4 is 16.9 Å². The molecule has 4 heteroatoms. The topological polar surface area (TPSA) is 45.5 Å². The first-order chi connectivity index (χ1) is 15.8. The zero-order chi connectivity index (χ0) is 24.0. The van der Waals surface area contributed by atoms with E-state index in [4.69, 9.17) is 0 Å². The molecule has 1 fully saturated rings. The summed E-state index contributed by atoms with van der Waals surface area (Å²) in [5, 5.41) is 10.5. The third kappa shape index (κ3) is 6.85. The zero-order valence-corrected chi connectivity index (χ0v) is 21.6. The molecule has 1 aromatic heterocycles. The standard InChI is InChI=1S/C29H46N2O2/c1-6-7-13-25(30(5)26-16-21(2)11-10-12-22(3)17-26)18-23(4)31-20-24(19-29(32)33)27-14-8-9-15-28(27)31/h8-9,14-15,20-23,25-26H,6-7,10-13,16-19H2,1-5H3,(H,32,33). The van der Waals surface area contributed by atoms with E-state index in [1.165, 1.54) is 51.4 Å². The van der Waals surface area contributed by atoms with Crippen LogP contribution in [0.1, 0.15) is 97.1 Å². The van der Waals surface area contributed by atoms with Crippen LogP contribution in [-0.2, 0) is 11.2 Å². The second kappa shape index (κ2) is 12.1. The SMILES string of the molecule is CCCCC(CC(C)n1cc(CC(=O)O)c2ccccc21)N(C)C1CC(C)CCCC(C)C1. The molecule has 1 aliphatic rings. The van der Waals surface area contributed by atoms with E-state index in [1.54, 1.807) is 0 Å². The minimum Gasteiger partial charge on any atom is -0.481 e. The second-order valence-electron chi connectivity index (χ2n) is 11.0. The van der Waals surface area contributed by atoms with E-state index in [9.17, 15) is 9.90 Å². The van der Waals surface area contributed by atoms with E-state index in [0.717, 1.165) is 34.7 Å². The molecule has 1 saturated carbocycles. The molecule has 0 amide bonds. The average molecular weight is 455 g/mol. The molecule has 1 aromatic carbocycles. The van der Waals surface area contributed by atoms with Gasteiger partial charge in [0, 0.05) is 35.2 Å². The van der Waals surface area contributed by atoms with Crippen molar-refractivity contribution < 1.29 is 9.90 Å². The Kier molecular flexibility index (Phi) is 9.43. The monoisotopic (exact) mass is 454 g/mol. The molecular weight excluding hydrogens is 408 g/mol. The molecule has 0 spiro atoms. The first kappa shape index (κ1) is 25.8. The number of carbonyl (C=O) groups is 1. The van der Waals surface area contributed by atoms with Gasteiger partial charge in [0.1, 0.15) is 0 Å². The molecule has 0 aliphatic heterocycles. The highest BCUT2D eigenvalue weighted by Gasteiger charge is 2.29. The smallest absolute Gasteiger partial charge is 0.307 e. The van der Waals surface area contributed by atoms with Gasteiger partial charge in [0.25, 0.3) is 0 Å². The highest BCUT2D eigenvalue weighted by atomic mass is 16.4. The summed E-state index contributed by atoms with van der Waals surface area (Å²) in [5.41, 5.74) is 2.08. The number of aliphatic carboxylic acids is 1. The number of unbranched alkanes of at least 4 members (excludes halogenated alkanes) is 1. The third-order valence-corrected chi connectivity index (χ3v) is 8.04. The van der Waals surface area contributed by atoms with Crippen LogP contribution in [0.4, 0.5) is 0 Å². The molecule has 33 heavy (non-hydrogen) atoms. The molecular formula is C29H46N2O2. The lowest BCUT2D eigenvalue weighted by Crippen LogP contribution is -2.43. The number of carboxylic acid groups (broad SMARTS) is 1. The van der Waals surface area contributed by atoms with Gasteiger partial charge in [0.15, 0.2) is 0 Å². The van der Waals surface area contributed by atoms with E-state index >= 15 is 0 Å². The highest BCUT2D eigenvalue weighted by molar-refractivity contribution is 5.87. The van der Waals surface area contributed by atoms with Crippen LogP contribution in [0.25, 0.3) is 10.9 Å². The summed E-state index contributed by atoms with van der Waals surface area (Å²) >= 11 is 0. The predicted molar refractivity (Wildman–Crippen MR) is 139 cm³/mol. The summed E-state index contributed by atoms with van der Waals surface area (Å²) in [7, 11) is 2.38. The number of hydrogen-bond donors (Lipinski definition) is 1. The zero-order valence-electron chi connectivity index (χ0n) is 21.6. The Morgan fingerprint density at radius 3 is 2.48 bits per heavy atom. The number of para-hydroxylation sites is 1. The summed E-state index contributed by atoms with van der Waals surface area (Å²) in [5.74, 6) is 0.848. The van der Waals surface area contributed by atoms with Gasteiger partial charge in [-0.3, -0.25) is 4.79 Å². The van der Waals surface area contributed by atoms with E-state index in [-0.39, 0.29) is 6.42 Å². The van der Waals surface area contributed by atoms with E-state index in [2.05, 4.69) is 68.6 Å². The van der Waals surface area contributed by atoms with Gasteiger partial charge in [0.2, 0.25) is 0 Å². The fourth-order valence-electron chi connectivity index (χ4n) is 6.09. The van der Waals surface area contributed by atoms with Crippen LogP contribution < -0.4 is 0 Å². The van der Waals surface area contributed by atoms with Crippen molar-refractivity contribution in [2.24, 2.45) is 11.8 Å². The van der Waals surface area contributed by atoms with Crippen molar-refractivity contribution in [3.63, 3.8) is 0 Å². The van der Waals surface area contributed by atoms with Crippen molar-refractivity contribution in [2.75, 3.05) is 7.05 Å². The van der Waals surface area contributed by atoms with Crippen LogP contribution in [-0.4, -0.2) is 39.7 Å². The fourth-order valence-corrected chi connectivity index (χ4v) is 6.09. The average Bonchev–Trinajstić information content (AvgIpc) is 3.12. The molecule has 0 saturated heterocycles. The molecule has 1 N–H and O–H groups in total. The van der Waals surface area contributed by atoms with Crippen LogP contribution in [0.2, 0.25) is 0 Å². The summed E-state index contributed by atoms with van der Waals surface area (Å²) in [6, 6.07) is 9.81. The molecule has 4 unspecified atom stereocenters. The Labute approximate surface area is 201 Å². The predicted octanol–water partition coefficient (Wildman–Crippen LogP) is 7.32. The van der Waals surface area contributed by atoms with Gasteiger partial charge in [-0.05, 0) is 63.1 Å². The van der Waals surface area contributed by atoms with Crippen molar-refractivity contribution in [1.29, 1.82) is 0 Å². The van der Waals surface area contributed by atoms with E-state index in [1.807, 2.05) is 6.07 Å². The van der Waals surface area contributed by atoms with Crippen molar-refractivity contribution in [3.8, 4) is 0 Å². The van der Waals surface area contributed by atoms with Gasteiger partial charge in [-0.1, -0.05) is 71.1 Å². The third-order valence-electron chi connectivity index (χ3n) is 8.04. The summed E-state index contributed by atoms with van der Waals surface area (Å²) in [6.07, 6.45) is 13.7. The lowest BCUT2D eigenvalue weighted by molar-refractivity contribution is -0.136. The summed E-state index contributed by atoms with van der Waals surface area (Å²) < 4.78 is 2.34. The number of fused-ring (bicyclic) bond motifs is 1. The molecule has 184 valence electrons. The van der Waals surface area contributed by atoms with Crippen LogP contribution in [0.3, 0.4) is 0 Å². The quantitative estimate of drug-likeness (QED) is 0.409. The number of rotatable bonds is 10. The molecule has 1 aliphatic carbocycles. The first-order valence-corrected chi connectivity index (χ1v) is 13.3. The van der Waals surface area contributed by atoms with Gasteiger partial charge in [-0.2, -0.15) is 0 Å². The highest BCUT2D eigenvalue weighted by Crippen LogP contribution is 2.33. The lowest BCUT2D eigenvalue weighted by atomic mass is 9.83. The van der Waals surface area contributed by atoms with E-state index < -0.39 is 5.97 Å². The minimum atomic E-state index is -0.765. The molecule has 4 atom stereocenters. The lowest BCUT2D eigenvalue weighted by Gasteiger charge is -2.40. The normalized spacial score (nSPS) is 23.9. The summed E-state index contributed by atoms with van der Waals surface area (Å²) in [6.45, 7) is 9.48. The molecule has 3 rings (SSSR count). The van der Waals surface area contributed by atoms with Gasteiger partial charge in [0.05, 0.1) is 6.42 Å². The Hall–Kier alpha value is -1.81. The maximum Gasteiger partial charge on any atom is 0.307 e. The summed E-state index contributed by atoms with van der Waals surface area (Å²) in [4.78, 5) is 14.2. The van der Waals surface area contributed by atoms with Crippen LogP contribution >= 0.6 is 0 Å². The Morgan fingerprint density at radius 2 is 1.85 bits per heavy atom. The molecule has 0 bridgehead atoms. The number of hydrogen-bond acceptors (Lipinski definition) is 2. The first-order valence-electron chi connectivity index (χ1n) is 13.3. The Bertz CT molecular complexity index is 877. The maximum atomic E-state index is 11.4. The maximum absolute atomic E-state index is 11.4. The fraction of sp³-hybridized carbons (Fsp3) is 0.690. The number of nitrogens with zero attached hydrogens (tertiary/aromatic N) is 2. The van der Waals surface area contributed by atoms with Crippen molar-refractivity contribution in [1.82, 2.24) is 9.47 Å². The Morgan fingerprint density at radius 1 is 1.18 bits per heavy atom. The molecule has 4 nitrogen and oxygen atoms in total. The Balaban J connectivity index is 1.83. The van der Waals surface area contributed by atoms with E-state index in [0.29, 0.717) is 18.1 Å². The number of benzene rings is 1. The van der Waals surface area contributed by atoms with Gasteiger partial charge in [-0.25, -0.2) is 0 Å². The van der Waals surface area contributed by atoms with Gasteiger partial charge >= 0.3 is 5.97 Å². The number of carboxylic acids is 1. The van der Waals surface area contributed by atoms with Crippen LogP contribution in [0, 0.1) is 11.8 Å². The molecule has 1 heterocycles. The molecule has 0 radical (unpaired) electrons.